The van der Waals surface area contributed by atoms with Crippen LogP contribution in [0.3, 0.4) is 0 Å². The first-order valence-electron chi connectivity index (χ1n) is 8.97. The van der Waals surface area contributed by atoms with Gasteiger partial charge in [-0.1, -0.05) is 48.5 Å². The summed E-state index contributed by atoms with van der Waals surface area (Å²) in [6.45, 7) is 1.07. The quantitative estimate of drug-likeness (QED) is 0.498. The lowest BCUT2D eigenvalue weighted by Crippen LogP contribution is -2.16. The molecule has 0 spiro atoms. The van der Waals surface area contributed by atoms with Crippen molar-refractivity contribution in [2.24, 2.45) is 0 Å². The van der Waals surface area contributed by atoms with Crippen molar-refractivity contribution < 1.29 is 23.8 Å². The lowest BCUT2D eigenvalue weighted by atomic mass is 9.98. The SMILES string of the molecule is O=C(OCc1ccccc1)c1ccccc1C(=O)c1ccc2c(c1)OCCO2. The van der Waals surface area contributed by atoms with Crippen molar-refractivity contribution >= 4 is 11.8 Å². The van der Waals surface area contributed by atoms with Crippen LogP contribution in [0.2, 0.25) is 0 Å². The van der Waals surface area contributed by atoms with Gasteiger partial charge in [0.2, 0.25) is 0 Å². The Morgan fingerprint density at radius 1 is 0.786 bits per heavy atom. The molecule has 3 aromatic carbocycles. The number of hydrogen-bond donors (Lipinski definition) is 0. The van der Waals surface area contributed by atoms with Gasteiger partial charge in [-0.25, -0.2) is 4.79 Å². The van der Waals surface area contributed by atoms with Gasteiger partial charge in [0.15, 0.2) is 17.3 Å². The van der Waals surface area contributed by atoms with Crippen LogP contribution in [0.25, 0.3) is 0 Å². The zero-order chi connectivity index (χ0) is 19.3. The van der Waals surface area contributed by atoms with E-state index in [0.29, 0.717) is 30.3 Å². The fourth-order valence-electron chi connectivity index (χ4n) is 3.00. The van der Waals surface area contributed by atoms with Gasteiger partial charge in [0, 0.05) is 11.1 Å². The van der Waals surface area contributed by atoms with Gasteiger partial charge in [0.1, 0.15) is 19.8 Å². The highest BCUT2D eigenvalue weighted by atomic mass is 16.6. The minimum atomic E-state index is -0.537. The molecular formula is C23H18O5. The summed E-state index contributed by atoms with van der Waals surface area (Å²) in [5, 5.41) is 0. The molecule has 1 aliphatic rings. The fourth-order valence-corrected chi connectivity index (χ4v) is 3.00. The van der Waals surface area contributed by atoms with Crippen molar-refractivity contribution in [3.63, 3.8) is 0 Å². The first-order chi connectivity index (χ1) is 13.7. The Bertz CT molecular complexity index is 1010. The number of esters is 1. The lowest BCUT2D eigenvalue weighted by molar-refractivity contribution is 0.0470. The molecule has 0 N–H and O–H groups in total. The molecule has 0 aliphatic carbocycles. The number of ketones is 1. The molecule has 0 aromatic heterocycles. The number of hydrogen-bond acceptors (Lipinski definition) is 5. The van der Waals surface area contributed by atoms with E-state index in [2.05, 4.69) is 0 Å². The van der Waals surface area contributed by atoms with Crippen molar-refractivity contribution in [2.45, 2.75) is 6.61 Å². The molecule has 0 fully saturated rings. The number of rotatable bonds is 5. The van der Waals surface area contributed by atoms with Gasteiger partial charge < -0.3 is 14.2 Å². The summed E-state index contributed by atoms with van der Waals surface area (Å²) >= 11 is 0. The molecule has 4 rings (SSSR count). The van der Waals surface area contributed by atoms with E-state index in [1.54, 1.807) is 42.5 Å². The Labute approximate surface area is 162 Å². The van der Waals surface area contributed by atoms with Crippen LogP contribution in [-0.4, -0.2) is 25.0 Å². The highest BCUT2D eigenvalue weighted by Gasteiger charge is 2.21. The third-order valence-electron chi connectivity index (χ3n) is 4.41. The second-order valence-corrected chi connectivity index (χ2v) is 6.29. The molecule has 0 amide bonds. The summed E-state index contributed by atoms with van der Waals surface area (Å²) in [7, 11) is 0. The van der Waals surface area contributed by atoms with Crippen LogP contribution in [0.15, 0.2) is 72.8 Å². The van der Waals surface area contributed by atoms with Crippen molar-refractivity contribution in [2.75, 3.05) is 13.2 Å². The Morgan fingerprint density at radius 3 is 2.25 bits per heavy atom. The summed E-state index contributed by atoms with van der Waals surface area (Å²) in [6.07, 6.45) is 0. The van der Waals surface area contributed by atoms with Gasteiger partial charge in [-0.3, -0.25) is 4.79 Å². The molecule has 0 atom stereocenters. The second-order valence-electron chi connectivity index (χ2n) is 6.29. The maximum absolute atomic E-state index is 13.0. The zero-order valence-corrected chi connectivity index (χ0v) is 15.1. The molecule has 0 bridgehead atoms. The van der Waals surface area contributed by atoms with Crippen molar-refractivity contribution in [1.29, 1.82) is 0 Å². The number of carbonyl (C=O) groups excluding carboxylic acids is 2. The zero-order valence-electron chi connectivity index (χ0n) is 15.1. The Balaban J connectivity index is 1.57. The molecule has 5 heteroatoms. The van der Waals surface area contributed by atoms with Crippen LogP contribution in [-0.2, 0) is 11.3 Å². The van der Waals surface area contributed by atoms with Crippen LogP contribution < -0.4 is 9.47 Å². The highest BCUT2D eigenvalue weighted by molar-refractivity contribution is 6.14. The topological polar surface area (TPSA) is 61.8 Å². The average Bonchev–Trinajstić information content (AvgIpc) is 2.77. The third kappa shape index (κ3) is 3.74. The predicted octanol–water partition coefficient (Wildman–Crippen LogP) is 4.05. The Morgan fingerprint density at radius 2 is 1.46 bits per heavy atom. The summed E-state index contributed by atoms with van der Waals surface area (Å²) in [4.78, 5) is 25.6. The minimum Gasteiger partial charge on any atom is -0.486 e. The van der Waals surface area contributed by atoms with Crippen molar-refractivity contribution in [3.05, 3.63) is 95.1 Å². The second kappa shape index (κ2) is 7.96. The first-order valence-corrected chi connectivity index (χ1v) is 8.97. The number of ether oxygens (including phenoxy) is 3. The number of carbonyl (C=O) groups is 2. The largest absolute Gasteiger partial charge is 0.486 e. The number of fused-ring (bicyclic) bond motifs is 1. The lowest BCUT2D eigenvalue weighted by Gasteiger charge is -2.18. The average molecular weight is 374 g/mol. The maximum atomic E-state index is 13.0. The van der Waals surface area contributed by atoms with Crippen molar-refractivity contribution in [1.82, 2.24) is 0 Å². The molecule has 0 saturated heterocycles. The van der Waals surface area contributed by atoms with E-state index in [4.69, 9.17) is 14.2 Å². The van der Waals surface area contributed by atoms with Gasteiger partial charge in [-0.2, -0.15) is 0 Å². The van der Waals surface area contributed by atoms with Crippen LogP contribution in [0, 0.1) is 0 Å². The summed E-state index contributed by atoms with van der Waals surface area (Å²) in [5.74, 6) is 0.328. The fraction of sp³-hybridized carbons (Fsp3) is 0.130. The van der Waals surface area contributed by atoms with Gasteiger partial charge in [0.05, 0.1) is 5.56 Å². The highest BCUT2D eigenvalue weighted by Crippen LogP contribution is 2.31. The molecule has 3 aromatic rings. The van der Waals surface area contributed by atoms with E-state index in [0.717, 1.165) is 5.56 Å². The molecule has 5 nitrogen and oxygen atoms in total. The normalized spacial score (nSPS) is 12.3. The Hall–Kier alpha value is -3.60. The standard InChI is InChI=1S/C23H18O5/c24-22(17-10-11-20-21(14-17)27-13-12-26-20)18-8-4-5-9-19(18)23(25)28-15-16-6-2-1-3-7-16/h1-11,14H,12-13,15H2. The summed E-state index contributed by atoms with van der Waals surface area (Å²) < 4.78 is 16.4. The van der Waals surface area contributed by atoms with E-state index in [1.807, 2.05) is 30.3 Å². The summed E-state index contributed by atoms with van der Waals surface area (Å²) in [5.41, 5.74) is 1.83. The maximum Gasteiger partial charge on any atom is 0.339 e. The van der Waals surface area contributed by atoms with Crippen LogP contribution >= 0.6 is 0 Å². The van der Waals surface area contributed by atoms with Crippen LogP contribution in [0.5, 0.6) is 11.5 Å². The predicted molar refractivity (Wildman–Crippen MR) is 103 cm³/mol. The molecule has 0 saturated carbocycles. The first kappa shape index (κ1) is 17.8. The molecule has 0 radical (unpaired) electrons. The monoisotopic (exact) mass is 374 g/mol. The van der Waals surface area contributed by atoms with E-state index in [9.17, 15) is 9.59 Å². The molecule has 28 heavy (non-hydrogen) atoms. The van der Waals surface area contributed by atoms with Crippen molar-refractivity contribution in [3.8, 4) is 11.5 Å². The molecule has 140 valence electrons. The molecule has 1 aliphatic heterocycles. The summed E-state index contributed by atoms with van der Waals surface area (Å²) in [6, 6.07) is 21.1. The van der Waals surface area contributed by atoms with Crippen LogP contribution in [0.4, 0.5) is 0 Å². The number of benzene rings is 3. The van der Waals surface area contributed by atoms with E-state index in [-0.39, 0.29) is 23.5 Å². The van der Waals surface area contributed by atoms with Gasteiger partial charge in [-0.15, -0.1) is 0 Å². The van der Waals surface area contributed by atoms with E-state index >= 15 is 0 Å². The van der Waals surface area contributed by atoms with Gasteiger partial charge >= 0.3 is 5.97 Å². The molecular weight excluding hydrogens is 356 g/mol. The van der Waals surface area contributed by atoms with Gasteiger partial charge in [0.25, 0.3) is 0 Å². The molecule has 1 heterocycles. The third-order valence-corrected chi connectivity index (χ3v) is 4.41. The van der Waals surface area contributed by atoms with E-state index in [1.165, 1.54) is 0 Å². The smallest absolute Gasteiger partial charge is 0.339 e. The Kier molecular flexibility index (Phi) is 5.06. The molecule has 0 unspecified atom stereocenters. The van der Waals surface area contributed by atoms with Gasteiger partial charge in [-0.05, 0) is 29.8 Å². The van der Waals surface area contributed by atoms with E-state index < -0.39 is 5.97 Å². The minimum absolute atomic E-state index is 0.145. The van der Waals surface area contributed by atoms with Crippen LogP contribution in [0.1, 0.15) is 31.8 Å².